The van der Waals surface area contributed by atoms with Gasteiger partial charge in [0.1, 0.15) is 0 Å². The van der Waals surface area contributed by atoms with Gasteiger partial charge in [-0.3, -0.25) is 4.98 Å². The summed E-state index contributed by atoms with van der Waals surface area (Å²) in [6.45, 7) is 0. The van der Waals surface area contributed by atoms with Gasteiger partial charge < -0.3 is 0 Å². The molecule has 0 saturated carbocycles. The fourth-order valence-electron chi connectivity index (χ4n) is 2.72. The van der Waals surface area contributed by atoms with E-state index >= 15 is 0 Å². The summed E-state index contributed by atoms with van der Waals surface area (Å²) in [6.07, 6.45) is 1.84. The van der Waals surface area contributed by atoms with E-state index in [0.29, 0.717) is 0 Å². The van der Waals surface area contributed by atoms with Crippen LogP contribution in [0.2, 0.25) is 0 Å². The first-order chi connectivity index (χ1) is 9.93. The second kappa shape index (κ2) is 5.77. The van der Waals surface area contributed by atoms with Crippen molar-refractivity contribution in [3.8, 4) is 11.3 Å². The maximum atomic E-state index is 4.53. The van der Waals surface area contributed by atoms with Gasteiger partial charge in [-0.05, 0) is 17.5 Å². The zero-order valence-electron chi connectivity index (χ0n) is 11.2. The minimum atomic E-state index is 0. The Labute approximate surface area is 137 Å². The van der Waals surface area contributed by atoms with Crippen molar-refractivity contribution in [1.29, 1.82) is 0 Å². The van der Waals surface area contributed by atoms with Crippen LogP contribution in [0.1, 0.15) is 0 Å². The van der Waals surface area contributed by atoms with E-state index in [9.17, 15) is 0 Å². The van der Waals surface area contributed by atoms with Crippen molar-refractivity contribution < 1.29 is 20.1 Å². The van der Waals surface area contributed by atoms with E-state index in [1.807, 2.05) is 30.5 Å². The van der Waals surface area contributed by atoms with Crippen molar-refractivity contribution in [3.05, 3.63) is 79.0 Å². The number of benzene rings is 3. The van der Waals surface area contributed by atoms with Crippen LogP contribution in [-0.4, -0.2) is 4.98 Å². The smallest absolute Gasteiger partial charge is 0.0300 e. The van der Waals surface area contributed by atoms with Crippen LogP contribution in [0.25, 0.3) is 32.8 Å². The molecule has 0 amide bonds. The molecular weight excluding hydrogens is 434 g/mol. The summed E-state index contributed by atoms with van der Waals surface area (Å²) in [5.41, 5.74) is 2.16. The van der Waals surface area contributed by atoms with Gasteiger partial charge in [0, 0.05) is 32.0 Å². The van der Waals surface area contributed by atoms with Crippen LogP contribution in [0.4, 0.5) is 0 Å². The van der Waals surface area contributed by atoms with E-state index in [-0.39, 0.29) is 20.1 Å². The third-order valence-corrected chi connectivity index (χ3v) is 3.60. The summed E-state index contributed by atoms with van der Waals surface area (Å²) in [6, 6.07) is 26.2. The Morgan fingerprint density at radius 2 is 1.62 bits per heavy atom. The molecule has 0 atom stereocenters. The molecule has 1 heterocycles. The molecule has 4 aromatic rings. The van der Waals surface area contributed by atoms with Crippen LogP contribution in [0.3, 0.4) is 0 Å². The van der Waals surface area contributed by atoms with Gasteiger partial charge in [0.05, 0.1) is 0 Å². The van der Waals surface area contributed by atoms with Gasteiger partial charge in [-0.2, -0.15) is 0 Å². The standard InChI is InChI=1S/C19H12N.Ir/c1-3-9-16-14(7-1)13-15-8-2-4-10-17(15)19(16)18-11-5-6-12-20-18;/h1-9,11-13H;/q-1;. The number of rotatable bonds is 1. The van der Waals surface area contributed by atoms with E-state index in [2.05, 4.69) is 53.5 Å². The molecule has 0 unspecified atom stereocenters. The Hall–Kier alpha value is -2.02. The van der Waals surface area contributed by atoms with Crippen LogP contribution in [0.15, 0.2) is 72.9 Å². The van der Waals surface area contributed by atoms with Crippen molar-refractivity contribution in [1.82, 2.24) is 4.98 Å². The Bertz CT molecular complexity index is 847. The Morgan fingerprint density at radius 3 is 2.48 bits per heavy atom. The van der Waals surface area contributed by atoms with Gasteiger partial charge in [0.15, 0.2) is 0 Å². The summed E-state index contributed by atoms with van der Waals surface area (Å²) >= 11 is 0. The number of hydrogen-bond acceptors (Lipinski definition) is 1. The molecule has 103 valence electrons. The maximum absolute atomic E-state index is 4.53. The molecule has 0 bridgehead atoms. The second-order valence-electron chi connectivity index (χ2n) is 4.82. The van der Waals surface area contributed by atoms with Crippen LogP contribution < -0.4 is 0 Å². The molecule has 0 aliphatic heterocycles. The number of hydrogen-bond donors (Lipinski definition) is 0. The third kappa shape index (κ3) is 2.37. The van der Waals surface area contributed by atoms with Crippen LogP contribution in [0, 0.1) is 6.07 Å². The molecule has 1 radical (unpaired) electrons. The van der Waals surface area contributed by atoms with Crippen molar-refractivity contribution in [2.75, 3.05) is 0 Å². The van der Waals surface area contributed by atoms with Crippen molar-refractivity contribution in [2.45, 2.75) is 0 Å². The van der Waals surface area contributed by atoms with Crippen LogP contribution in [0.5, 0.6) is 0 Å². The van der Waals surface area contributed by atoms with Gasteiger partial charge in [-0.25, -0.2) is 0 Å². The predicted molar refractivity (Wildman–Crippen MR) is 83.5 cm³/mol. The zero-order valence-corrected chi connectivity index (χ0v) is 13.6. The normalized spacial score (nSPS) is 10.5. The monoisotopic (exact) mass is 447 g/mol. The molecule has 4 rings (SSSR count). The van der Waals surface area contributed by atoms with Crippen molar-refractivity contribution in [2.24, 2.45) is 0 Å². The molecule has 0 aliphatic rings. The number of nitrogens with zero attached hydrogens (tertiary/aromatic N) is 1. The predicted octanol–water partition coefficient (Wildman–Crippen LogP) is 4.85. The fraction of sp³-hybridized carbons (Fsp3) is 0. The van der Waals surface area contributed by atoms with E-state index in [1.54, 1.807) is 0 Å². The van der Waals surface area contributed by atoms with E-state index < -0.39 is 0 Å². The van der Waals surface area contributed by atoms with E-state index in [1.165, 1.54) is 21.7 Å². The minimum absolute atomic E-state index is 0. The molecule has 1 nitrogen and oxygen atoms in total. The molecule has 0 N–H and O–H groups in total. The quantitative estimate of drug-likeness (QED) is 0.301. The Morgan fingerprint density at radius 1 is 0.810 bits per heavy atom. The molecule has 21 heavy (non-hydrogen) atoms. The van der Waals surface area contributed by atoms with Crippen molar-refractivity contribution >= 4 is 21.5 Å². The molecule has 1 aromatic heterocycles. The first kappa shape index (κ1) is 13.9. The molecule has 0 fully saturated rings. The molecule has 0 spiro atoms. The van der Waals surface area contributed by atoms with Gasteiger partial charge in [0.25, 0.3) is 0 Å². The van der Waals surface area contributed by atoms with Crippen LogP contribution >= 0.6 is 0 Å². The average molecular weight is 447 g/mol. The Balaban J connectivity index is 0.00000132. The maximum Gasteiger partial charge on any atom is 0.0300 e. The van der Waals surface area contributed by atoms with Gasteiger partial charge in [0.2, 0.25) is 0 Å². The third-order valence-electron chi connectivity index (χ3n) is 3.60. The Kier molecular flexibility index (Phi) is 3.83. The first-order valence-electron chi connectivity index (χ1n) is 6.67. The van der Waals surface area contributed by atoms with Gasteiger partial charge in [-0.15, -0.1) is 35.0 Å². The summed E-state index contributed by atoms with van der Waals surface area (Å²) in [7, 11) is 0. The summed E-state index contributed by atoms with van der Waals surface area (Å²) in [5, 5.41) is 4.79. The largest absolute Gasteiger partial charge is 0.266 e. The van der Waals surface area contributed by atoms with Gasteiger partial charge in [-0.1, -0.05) is 47.3 Å². The van der Waals surface area contributed by atoms with E-state index in [0.717, 1.165) is 11.1 Å². The summed E-state index contributed by atoms with van der Waals surface area (Å²) in [4.78, 5) is 4.53. The molecule has 0 saturated heterocycles. The van der Waals surface area contributed by atoms with E-state index in [4.69, 9.17) is 0 Å². The molecular formula is C19H12IrN-. The van der Waals surface area contributed by atoms with Crippen molar-refractivity contribution in [3.63, 3.8) is 0 Å². The zero-order chi connectivity index (χ0) is 13.4. The first-order valence-corrected chi connectivity index (χ1v) is 6.67. The topological polar surface area (TPSA) is 12.9 Å². The minimum Gasteiger partial charge on any atom is -0.266 e. The SMILES string of the molecule is [Ir].[c-]1cccc2cc3ccccc3c(-c3ccccn3)c12. The number of aromatic nitrogens is 1. The molecule has 0 aliphatic carbocycles. The second-order valence-corrected chi connectivity index (χ2v) is 4.82. The number of pyridine rings is 1. The van der Waals surface area contributed by atoms with Crippen LogP contribution in [-0.2, 0) is 20.1 Å². The fourth-order valence-corrected chi connectivity index (χ4v) is 2.72. The molecule has 3 aromatic carbocycles. The summed E-state index contributed by atoms with van der Waals surface area (Å²) < 4.78 is 0. The molecule has 2 heteroatoms. The average Bonchev–Trinajstić information content (AvgIpc) is 2.53. The summed E-state index contributed by atoms with van der Waals surface area (Å²) in [5.74, 6) is 0. The number of fused-ring (bicyclic) bond motifs is 2. The van der Waals surface area contributed by atoms with Gasteiger partial charge >= 0.3 is 0 Å².